The van der Waals surface area contributed by atoms with E-state index >= 15 is 0 Å². The van der Waals surface area contributed by atoms with Crippen molar-refractivity contribution in [1.82, 2.24) is 0 Å². The Hall–Kier alpha value is -1.02. The minimum atomic E-state index is 0.536. The summed E-state index contributed by atoms with van der Waals surface area (Å²) < 4.78 is 0. The van der Waals surface area contributed by atoms with Crippen LogP contribution in [0, 0.1) is 6.92 Å². The summed E-state index contributed by atoms with van der Waals surface area (Å²) in [4.78, 5) is 2.48. The van der Waals surface area contributed by atoms with Gasteiger partial charge in [-0.05, 0) is 51.8 Å². The molecule has 0 atom stereocenters. The number of anilines is 1. The van der Waals surface area contributed by atoms with E-state index in [1.54, 1.807) is 0 Å². The molecule has 96 valence electrons. The third-order valence-corrected chi connectivity index (χ3v) is 3.05. The maximum Gasteiger partial charge on any atom is 0.0401 e. The van der Waals surface area contributed by atoms with Crippen LogP contribution in [-0.4, -0.2) is 19.1 Å². The summed E-state index contributed by atoms with van der Waals surface area (Å²) in [5.74, 6) is 0. The minimum absolute atomic E-state index is 0.536. The van der Waals surface area contributed by atoms with Gasteiger partial charge in [0, 0.05) is 18.3 Å². The third-order valence-electron chi connectivity index (χ3n) is 3.05. The summed E-state index contributed by atoms with van der Waals surface area (Å²) in [5, 5.41) is 0. The zero-order chi connectivity index (χ0) is 12.8. The number of nitrogens with two attached hydrogens (primary N) is 1. The lowest BCUT2D eigenvalue weighted by molar-refractivity contribution is 0.667. The highest BCUT2D eigenvalue weighted by molar-refractivity contribution is 5.55. The van der Waals surface area contributed by atoms with Gasteiger partial charge < -0.3 is 10.6 Å². The van der Waals surface area contributed by atoms with Gasteiger partial charge in [0.1, 0.15) is 0 Å². The molecule has 0 aromatic heterocycles. The SMILES string of the molecule is CCCN(c1ccc(C)cc1CCN)C(C)C. The predicted octanol–water partition coefficient (Wildman–Crippen LogP) is 3.12. The second-order valence-corrected chi connectivity index (χ2v) is 4.96. The monoisotopic (exact) mass is 234 g/mol. The molecule has 0 spiro atoms. The van der Waals surface area contributed by atoms with E-state index in [-0.39, 0.29) is 0 Å². The predicted molar refractivity (Wildman–Crippen MR) is 76.7 cm³/mol. The molecule has 0 bridgehead atoms. The number of hydrogen-bond donors (Lipinski definition) is 1. The Morgan fingerprint density at radius 3 is 2.53 bits per heavy atom. The van der Waals surface area contributed by atoms with Crippen molar-refractivity contribution >= 4 is 5.69 Å². The molecule has 0 unspecified atom stereocenters. The second kappa shape index (κ2) is 6.65. The van der Waals surface area contributed by atoms with Crippen molar-refractivity contribution in [2.45, 2.75) is 46.6 Å². The van der Waals surface area contributed by atoms with Crippen LogP contribution < -0.4 is 10.6 Å². The first kappa shape index (κ1) is 14.0. The standard InChI is InChI=1S/C15H26N2/c1-5-10-17(12(2)3)15-7-6-13(4)11-14(15)8-9-16/h6-7,11-12H,5,8-10,16H2,1-4H3. The van der Waals surface area contributed by atoms with Crippen molar-refractivity contribution in [3.05, 3.63) is 29.3 Å². The first-order chi connectivity index (χ1) is 8.10. The zero-order valence-corrected chi connectivity index (χ0v) is 11.7. The summed E-state index contributed by atoms with van der Waals surface area (Å²) in [7, 11) is 0. The topological polar surface area (TPSA) is 29.3 Å². The Balaban J connectivity index is 3.07. The molecule has 1 aromatic carbocycles. The second-order valence-electron chi connectivity index (χ2n) is 4.96. The van der Waals surface area contributed by atoms with Crippen LogP contribution >= 0.6 is 0 Å². The molecule has 2 heteroatoms. The van der Waals surface area contributed by atoms with Gasteiger partial charge in [0.15, 0.2) is 0 Å². The van der Waals surface area contributed by atoms with E-state index in [1.165, 1.54) is 23.2 Å². The van der Waals surface area contributed by atoms with Crippen LogP contribution in [0.1, 0.15) is 38.3 Å². The average molecular weight is 234 g/mol. The molecule has 1 rings (SSSR count). The van der Waals surface area contributed by atoms with Gasteiger partial charge in [0.25, 0.3) is 0 Å². The van der Waals surface area contributed by atoms with E-state index in [9.17, 15) is 0 Å². The van der Waals surface area contributed by atoms with Gasteiger partial charge in [-0.2, -0.15) is 0 Å². The fourth-order valence-electron chi connectivity index (χ4n) is 2.25. The number of benzene rings is 1. The molecule has 0 aliphatic heterocycles. The van der Waals surface area contributed by atoms with Gasteiger partial charge >= 0.3 is 0 Å². The molecule has 0 heterocycles. The van der Waals surface area contributed by atoms with Crippen molar-refractivity contribution in [3.63, 3.8) is 0 Å². The lowest BCUT2D eigenvalue weighted by Crippen LogP contribution is -2.32. The molecule has 0 saturated carbocycles. The first-order valence-corrected chi connectivity index (χ1v) is 6.66. The maximum absolute atomic E-state index is 5.71. The summed E-state index contributed by atoms with van der Waals surface area (Å²) in [6, 6.07) is 7.25. The summed E-state index contributed by atoms with van der Waals surface area (Å²) in [6.45, 7) is 10.7. The molecular formula is C15H26N2. The van der Waals surface area contributed by atoms with Crippen LogP contribution in [0.3, 0.4) is 0 Å². The van der Waals surface area contributed by atoms with Gasteiger partial charge in [0.2, 0.25) is 0 Å². The maximum atomic E-state index is 5.71. The van der Waals surface area contributed by atoms with Crippen LogP contribution in [-0.2, 0) is 6.42 Å². The molecule has 0 fully saturated rings. The summed E-state index contributed by atoms with van der Waals surface area (Å²) >= 11 is 0. The number of hydrogen-bond acceptors (Lipinski definition) is 2. The highest BCUT2D eigenvalue weighted by Crippen LogP contribution is 2.24. The van der Waals surface area contributed by atoms with E-state index < -0.39 is 0 Å². The van der Waals surface area contributed by atoms with Crippen LogP contribution in [0.15, 0.2) is 18.2 Å². The minimum Gasteiger partial charge on any atom is -0.369 e. The Morgan fingerprint density at radius 1 is 1.29 bits per heavy atom. The van der Waals surface area contributed by atoms with Gasteiger partial charge in [-0.3, -0.25) is 0 Å². The molecule has 0 amide bonds. The van der Waals surface area contributed by atoms with Crippen molar-refractivity contribution in [2.24, 2.45) is 5.73 Å². The van der Waals surface area contributed by atoms with Gasteiger partial charge in [-0.15, -0.1) is 0 Å². The van der Waals surface area contributed by atoms with E-state index in [4.69, 9.17) is 5.73 Å². The molecule has 17 heavy (non-hydrogen) atoms. The van der Waals surface area contributed by atoms with Gasteiger partial charge in [0.05, 0.1) is 0 Å². The molecule has 2 nitrogen and oxygen atoms in total. The van der Waals surface area contributed by atoms with Crippen LogP contribution in [0.25, 0.3) is 0 Å². The Morgan fingerprint density at radius 2 is 2.00 bits per heavy atom. The zero-order valence-electron chi connectivity index (χ0n) is 11.7. The van der Waals surface area contributed by atoms with Gasteiger partial charge in [-0.25, -0.2) is 0 Å². The molecule has 0 radical (unpaired) electrons. The van der Waals surface area contributed by atoms with Crippen molar-refractivity contribution in [2.75, 3.05) is 18.0 Å². The van der Waals surface area contributed by atoms with E-state index in [1.807, 2.05) is 0 Å². The number of nitrogens with zero attached hydrogens (tertiary/aromatic N) is 1. The van der Waals surface area contributed by atoms with E-state index in [2.05, 4.69) is 50.8 Å². The van der Waals surface area contributed by atoms with Crippen molar-refractivity contribution in [1.29, 1.82) is 0 Å². The fraction of sp³-hybridized carbons (Fsp3) is 0.600. The number of rotatable bonds is 6. The first-order valence-electron chi connectivity index (χ1n) is 6.66. The highest BCUT2D eigenvalue weighted by atomic mass is 15.1. The molecular weight excluding hydrogens is 208 g/mol. The lowest BCUT2D eigenvalue weighted by Gasteiger charge is -2.31. The average Bonchev–Trinajstić information content (AvgIpc) is 2.27. The van der Waals surface area contributed by atoms with Crippen LogP contribution in [0.5, 0.6) is 0 Å². The highest BCUT2D eigenvalue weighted by Gasteiger charge is 2.13. The van der Waals surface area contributed by atoms with E-state index in [0.717, 1.165) is 13.0 Å². The largest absolute Gasteiger partial charge is 0.369 e. The van der Waals surface area contributed by atoms with Crippen molar-refractivity contribution < 1.29 is 0 Å². The summed E-state index contributed by atoms with van der Waals surface area (Å²) in [6.07, 6.45) is 2.14. The number of aryl methyl sites for hydroxylation is 1. The summed E-state index contributed by atoms with van der Waals surface area (Å²) in [5.41, 5.74) is 9.77. The van der Waals surface area contributed by atoms with Crippen LogP contribution in [0.4, 0.5) is 5.69 Å². The van der Waals surface area contributed by atoms with Gasteiger partial charge in [-0.1, -0.05) is 24.6 Å². The smallest absolute Gasteiger partial charge is 0.0401 e. The third kappa shape index (κ3) is 3.74. The normalized spacial score (nSPS) is 10.9. The van der Waals surface area contributed by atoms with Crippen molar-refractivity contribution in [3.8, 4) is 0 Å². The molecule has 0 aliphatic carbocycles. The van der Waals surface area contributed by atoms with Crippen LogP contribution in [0.2, 0.25) is 0 Å². The van der Waals surface area contributed by atoms with E-state index in [0.29, 0.717) is 12.6 Å². The molecule has 1 aromatic rings. The molecule has 0 saturated heterocycles. The lowest BCUT2D eigenvalue weighted by atomic mass is 10.0. The molecule has 2 N–H and O–H groups in total. The fourth-order valence-corrected chi connectivity index (χ4v) is 2.25. The molecule has 0 aliphatic rings. The Bertz CT molecular complexity index is 345. The Kier molecular flexibility index (Phi) is 5.49. The quantitative estimate of drug-likeness (QED) is 0.819. The Labute approximate surface area is 106 Å².